The number of amides is 1. The van der Waals surface area contributed by atoms with Gasteiger partial charge in [0.15, 0.2) is 0 Å². The Balaban J connectivity index is 2.60. The number of halogens is 3. The van der Waals surface area contributed by atoms with Crippen LogP contribution in [0.25, 0.3) is 0 Å². The van der Waals surface area contributed by atoms with Crippen molar-refractivity contribution in [2.45, 2.75) is 51.7 Å². The third kappa shape index (κ3) is 6.22. The average Bonchev–Trinajstić information content (AvgIpc) is 2.53. The molecule has 1 unspecified atom stereocenters. The molecular weight excluding hydrogens is 323 g/mol. The van der Waals surface area contributed by atoms with Gasteiger partial charge in [0.1, 0.15) is 6.04 Å². The van der Waals surface area contributed by atoms with E-state index in [0.29, 0.717) is 0 Å². The lowest BCUT2D eigenvalue weighted by atomic mass is 10.1. The first kappa shape index (κ1) is 20.0. The predicted octanol–water partition coefficient (Wildman–Crippen LogP) is 3.95. The summed E-state index contributed by atoms with van der Waals surface area (Å²) in [6.07, 6.45) is -0.894. The van der Waals surface area contributed by atoms with E-state index in [1.165, 1.54) is 19.1 Å². The topological polar surface area (TPSA) is 55.4 Å². The van der Waals surface area contributed by atoms with Crippen molar-refractivity contribution in [2.75, 3.05) is 6.61 Å². The first-order valence-electron chi connectivity index (χ1n) is 7.91. The molecule has 0 fully saturated rings. The second-order valence-electron chi connectivity index (χ2n) is 5.47. The normalized spacial score (nSPS) is 12.5. The molecule has 0 saturated heterocycles. The molecule has 0 aliphatic rings. The van der Waals surface area contributed by atoms with E-state index >= 15 is 0 Å². The average molecular weight is 345 g/mol. The van der Waals surface area contributed by atoms with Crippen molar-refractivity contribution in [3.63, 3.8) is 0 Å². The first-order valence-corrected chi connectivity index (χ1v) is 7.91. The van der Waals surface area contributed by atoms with Crippen LogP contribution in [-0.2, 0) is 15.7 Å². The third-order valence-electron chi connectivity index (χ3n) is 3.42. The van der Waals surface area contributed by atoms with Crippen LogP contribution in [-0.4, -0.2) is 24.5 Å². The number of carbonyl (C=O) groups is 2. The van der Waals surface area contributed by atoms with Crippen LogP contribution in [0.4, 0.5) is 13.2 Å². The molecule has 0 aliphatic heterocycles. The van der Waals surface area contributed by atoms with Crippen LogP contribution in [0.15, 0.2) is 24.3 Å². The summed E-state index contributed by atoms with van der Waals surface area (Å²) in [6, 6.07) is 3.41. The Morgan fingerprint density at radius 1 is 1.17 bits per heavy atom. The standard InChI is InChI=1S/C17H22F3NO3/c1-3-4-5-8-11-24-16(23)12(2)21-15(22)13-9-6-7-10-14(13)17(18,19)20/h6-7,9-10,12H,3-5,8,11H2,1-2H3,(H,21,22). The van der Waals surface area contributed by atoms with Gasteiger partial charge < -0.3 is 10.1 Å². The van der Waals surface area contributed by atoms with Gasteiger partial charge >= 0.3 is 12.1 Å². The van der Waals surface area contributed by atoms with E-state index in [1.807, 2.05) is 0 Å². The molecule has 0 aromatic heterocycles. The summed E-state index contributed by atoms with van der Waals surface area (Å²) in [5.74, 6) is -1.62. The summed E-state index contributed by atoms with van der Waals surface area (Å²) in [4.78, 5) is 23.8. The molecule has 1 aromatic carbocycles. The zero-order valence-electron chi connectivity index (χ0n) is 13.8. The molecule has 0 heterocycles. The molecule has 7 heteroatoms. The second-order valence-corrected chi connectivity index (χ2v) is 5.47. The highest BCUT2D eigenvalue weighted by Crippen LogP contribution is 2.31. The highest BCUT2D eigenvalue weighted by atomic mass is 19.4. The Morgan fingerprint density at radius 3 is 2.46 bits per heavy atom. The number of alkyl halides is 3. The van der Waals surface area contributed by atoms with E-state index in [9.17, 15) is 22.8 Å². The summed E-state index contributed by atoms with van der Waals surface area (Å²) in [6.45, 7) is 3.67. The molecule has 4 nitrogen and oxygen atoms in total. The molecule has 0 radical (unpaired) electrons. The van der Waals surface area contributed by atoms with Crippen molar-refractivity contribution in [1.29, 1.82) is 0 Å². The van der Waals surface area contributed by atoms with Gasteiger partial charge in [0, 0.05) is 0 Å². The van der Waals surface area contributed by atoms with Gasteiger partial charge in [-0.1, -0.05) is 38.3 Å². The molecule has 24 heavy (non-hydrogen) atoms. The second kappa shape index (κ2) is 9.30. The van der Waals surface area contributed by atoms with E-state index in [4.69, 9.17) is 4.74 Å². The molecule has 1 amide bonds. The first-order chi connectivity index (χ1) is 11.3. The molecule has 1 atom stereocenters. The van der Waals surface area contributed by atoms with E-state index in [0.717, 1.165) is 37.8 Å². The SMILES string of the molecule is CCCCCCOC(=O)C(C)NC(=O)c1ccccc1C(F)(F)F. The Labute approximate surface area is 139 Å². The molecular formula is C17H22F3NO3. The van der Waals surface area contributed by atoms with Crippen LogP contribution in [0.5, 0.6) is 0 Å². The van der Waals surface area contributed by atoms with Crippen molar-refractivity contribution in [2.24, 2.45) is 0 Å². The quantitative estimate of drug-likeness (QED) is 0.573. The highest BCUT2D eigenvalue weighted by Gasteiger charge is 2.35. The monoisotopic (exact) mass is 345 g/mol. The van der Waals surface area contributed by atoms with Crippen LogP contribution in [0.3, 0.4) is 0 Å². The number of nitrogens with one attached hydrogen (secondary N) is 1. The van der Waals surface area contributed by atoms with E-state index in [1.54, 1.807) is 0 Å². The van der Waals surface area contributed by atoms with Crippen LogP contribution in [0.1, 0.15) is 55.5 Å². The van der Waals surface area contributed by atoms with E-state index < -0.39 is 35.2 Å². The molecule has 0 bridgehead atoms. The third-order valence-corrected chi connectivity index (χ3v) is 3.42. The zero-order chi connectivity index (χ0) is 18.2. The van der Waals surface area contributed by atoms with Crippen LogP contribution < -0.4 is 5.32 Å². The summed E-state index contributed by atoms with van der Waals surface area (Å²) < 4.78 is 43.7. The minimum absolute atomic E-state index is 0.234. The van der Waals surface area contributed by atoms with Crippen molar-refractivity contribution in [3.8, 4) is 0 Å². The number of esters is 1. The number of ether oxygens (including phenoxy) is 1. The van der Waals surface area contributed by atoms with Crippen molar-refractivity contribution in [3.05, 3.63) is 35.4 Å². The number of rotatable bonds is 8. The number of carbonyl (C=O) groups excluding carboxylic acids is 2. The highest BCUT2D eigenvalue weighted by molar-refractivity contribution is 5.98. The Bertz CT molecular complexity index is 558. The Kier molecular flexibility index (Phi) is 7.74. The molecule has 0 spiro atoms. The van der Waals surface area contributed by atoms with Gasteiger partial charge in [0.25, 0.3) is 5.91 Å². The van der Waals surface area contributed by atoms with Crippen molar-refractivity contribution >= 4 is 11.9 Å². The van der Waals surface area contributed by atoms with Gasteiger partial charge in [-0.15, -0.1) is 0 Å². The fourth-order valence-electron chi connectivity index (χ4n) is 2.09. The lowest BCUT2D eigenvalue weighted by Crippen LogP contribution is -2.40. The molecule has 0 aliphatic carbocycles. The summed E-state index contributed by atoms with van der Waals surface area (Å²) in [5, 5.41) is 2.25. The van der Waals surface area contributed by atoms with Crippen molar-refractivity contribution < 1.29 is 27.5 Å². The lowest BCUT2D eigenvalue weighted by molar-refractivity contribution is -0.145. The van der Waals surface area contributed by atoms with Crippen LogP contribution in [0, 0.1) is 0 Å². The van der Waals surface area contributed by atoms with Crippen LogP contribution >= 0.6 is 0 Å². The molecule has 1 aromatic rings. The number of unbranched alkanes of at least 4 members (excludes halogenated alkanes) is 3. The Hall–Kier alpha value is -2.05. The van der Waals surface area contributed by atoms with Gasteiger partial charge in [0.2, 0.25) is 0 Å². The summed E-state index contributed by atoms with van der Waals surface area (Å²) in [5.41, 5.74) is -1.56. The van der Waals surface area contributed by atoms with E-state index in [2.05, 4.69) is 12.2 Å². The maximum Gasteiger partial charge on any atom is 0.417 e. The fraction of sp³-hybridized carbons (Fsp3) is 0.529. The lowest BCUT2D eigenvalue weighted by Gasteiger charge is -2.16. The van der Waals surface area contributed by atoms with Gasteiger partial charge in [-0.2, -0.15) is 13.2 Å². The number of benzene rings is 1. The Morgan fingerprint density at radius 2 is 1.83 bits per heavy atom. The smallest absolute Gasteiger partial charge is 0.417 e. The van der Waals surface area contributed by atoms with Gasteiger partial charge in [-0.25, -0.2) is 4.79 Å². The molecule has 1 N–H and O–H groups in total. The largest absolute Gasteiger partial charge is 0.464 e. The minimum Gasteiger partial charge on any atom is -0.464 e. The maximum atomic E-state index is 12.9. The number of hydrogen-bond acceptors (Lipinski definition) is 3. The zero-order valence-corrected chi connectivity index (χ0v) is 13.8. The van der Waals surface area contributed by atoms with Crippen molar-refractivity contribution in [1.82, 2.24) is 5.32 Å². The molecule has 134 valence electrons. The predicted molar refractivity (Wildman–Crippen MR) is 83.5 cm³/mol. The number of hydrogen-bond donors (Lipinski definition) is 1. The fourth-order valence-corrected chi connectivity index (χ4v) is 2.09. The van der Waals surface area contributed by atoms with Gasteiger partial charge in [-0.3, -0.25) is 4.79 Å². The molecule has 0 saturated carbocycles. The van der Waals surface area contributed by atoms with Crippen LogP contribution in [0.2, 0.25) is 0 Å². The maximum absolute atomic E-state index is 12.9. The van der Waals surface area contributed by atoms with E-state index in [-0.39, 0.29) is 6.61 Å². The molecule has 1 rings (SSSR count). The summed E-state index contributed by atoms with van der Waals surface area (Å²) >= 11 is 0. The minimum atomic E-state index is -4.64. The van der Waals surface area contributed by atoms with Gasteiger partial charge in [-0.05, 0) is 25.5 Å². The summed E-state index contributed by atoms with van der Waals surface area (Å²) in [7, 11) is 0. The van der Waals surface area contributed by atoms with Gasteiger partial charge in [0.05, 0.1) is 17.7 Å².